The zero-order chi connectivity index (χ0) is 25.1. The van der Waals surface area contributed by atoms with Crippen LogP contribution in [0.3, 0.4) is 0 Å². The minimum atomic E-state index is -0.718. The lowest BCUT2D eigenvalue weighted by Gasteiger charge is -2.17. The first kappa shape index (κ1) is 26.4. The third kappa shape index (κ3) is 6.60. The average Bonchev–Trinajstić information content (AvgIpc) is 2.83. The Labute approximate surface area is 199 Å². The van der Waals surface area contributed by atoms with Gasteiger partial charge in [0, 0.05) is 17.8 Å². The van der Waals surface area contributed by atoms with Crippen LogP contribution in [0.1, 0.15) is 31.1 Å². The molecule has 0 saturated heterocycles. The Hall–Kier alpha value is -3.82. The number of carbonyl (C=O) groups is 2. The van der Waals surface area contributed by atoms with Gasteiger partial charge in [-0.25, -0.2) is 4.79 Å². The van der Waals surface area contributed by atoms with Crippen molar-refractivity contribution in [2.45, 2.75) is 20.8 Å². The number of hydrogen-bond donors (Lipinski definition) is 1. The molecule has 0 atom stereocenters. The Morgan fingerprint density at radius 3 is 1.68 bits per heavy atom. The van der Waals surface area contributed by atoms with E-state index in [0.29, 0.717) is 60.0 Å². The maximum Gasteiger partial charge on any atom is 0.338 e. The number of anilines is 1. The number of hydrogen-bond acceptors (Lipinski definition) is 9. The van der Waals surface area contributed by atoms with Crippen LogP contribution >= 0.6 is 0 Å². The first-order chi connectivity index (χ1) is 16.4. The molecule has 0 aliphatic rings. The van der Waals surface area contributed by atoms with Gasteiger partial charge in [0.2, 0.25) is 11.5 Å². The summed E-state index contributed by atoms with van der Waals surface area (Å²) in [6.07, 6.45) is 0. The van der Waals surface area contributed by atoms with Crippen LogP contribution in [0.2, 0.25) is 0 Å². The minimum Gasteiger partial charge on any atom is -0.493 e. The second kappa shape index (κ2) is 13.0. The highest BCUT2D eigenvalue weighted by Gasteiger charge is 2.20. The summed E-state index contributed by atoms with van der Waals surface area (Å²) in [6.45, 7) is 6.06. The van der Waals surface area contributed by atoms with Crippen molar-refractivity contribution in [2.24, 2.45) is 0 Å². The van der Waals surface area contributed by atoms with Gasteiger partial charge in [-0.15, -0.1) is 0 Å². The minimum absolute atomic E-state index is 0.163. The van der Waals surface area contributed by atoms with E-state index in [2.05, 4.69) is 5.32 Å². The van der Waals surface area contributed by atoms with Crippen LogP contribution in [-0.2, 0) is 9.53 Å². The summed E-state index contributed by atoms with van der Waals surface area (Å²) < 4.78 is 37.8. The molecule has 2 aromatic carbocycles. The van der Waals surface area contributed by atoms with E-state index >= 15 is 0 Å². The van der Waals surface area contributed by atoms with Crippen molar-refractivity contribution in [1.29, 1.82) is 0 Å². The van der Waals surface area contributed by atoms with Gasteiger partial charge in [-0.1, -0.05) is 0 Å². The van der Waals surface area contributed by atoms with Crippen LogP contribution in [0.15, 0.2) is 24.3 Å². The topological polar surface area (TPSA) is 111 Å². The Kier molecular flexibility index (Phi) is 10.1. The van der Waals surface area contributed by atoms with Crippen molar-refractivity contribution in [3.63, 3.8) is 0 Å². The Morgan fingerprint density at radius 2 is 1.24 bits per heavy atom. The van der Waals surface area contributed by atoms with E-state index in [1.807, 2.05) is 20.8 Å². The predicted molar refractivity (Wildman–Crippen MR) is 125 cm³/mol. The van der Waals surface area contributed by atoms with Crippen molar-refractivity contribution in [3.8, 4) is 34.5 Å². The molecule has 0 aliphatic heterocycles. The molecule has 2 aromatic rings. The fraction of sp³-hybridized carbons (Fsp3) is 0.417. The van der Waals surface area contributed by atoms with Crippen LogP contribution in [0.4, 0.5) is 5.69 Å². The van der Waals surface area contributed by atoms with E-state index in [0.717, 1.165) is 0 Å². The zero-order valence-corrected chi connectivity index (χ0v) is 20.3. The number of rotatable bonds is 13. The first-order valence-corrected chi connectivity index (χ1v) is 10.8. The molecule has 186 valence electrons. The van der Waals surface area contributed by atoms with E-state index in [4.69, 9.17) is 33.2 Å². The monoisotopic (exact) mass is 477 g/mol. The number of methoxy groups -OCH3 is 3. The standard InChI is InChI=1S/C24H31NO9/c1-7-31-19-10-15(11-20(32-8-2)23(19)33-9-3)24(27)34-14-21(26)25-16-12-17(28-4)22(30-6)18(13-16)29-5/h10-13H,7-9,14H2,1-6H3,(H,25,26). The summed E-state index contributed by atoms with van der Waals surface area (Å²) in [5.74, 6) is 0.968. The molecule has 0 saturated carbocycles. The smallest absolute Gasteiger partial charge is 0.338 e. The number of esters is 1. The average molecular weight is 478 g/mol. The van der Waals surface area contributed by atoms with Gasteiger partial charge in [0.1, 0.15) is 0 Å². The van der Waals surface area contributed by atoms with Crippen LogP contribution in [0.25, 0.3) is 0 Å². The van der Waals surface area contributed by atoms with Crippen LogP contribution in [0, 0.1) is 0 Å². The molecular formula is C24H31NO9. The molecule has 0 aliphatic carbocycles. The Morgan fingerprint density at radius 1 is 0.706 bits per heavy atom. The molecule has 10 nitrogen and oxygen atoms in total. The Balaban J connectivity index is 2.15. The van der Waals surface area contributed by atoms with Gasteiger partial charge in [-0.05, 0) is 32.9 Å². The third-order valence-electron chi connectivity index (χ3n) is 4.43. The van der Waals surface area contributed by atoms with E-state index in [1.54, 1.807) is 12.1 Å². The highest BCUT2D eigenvalue weighted by atomic mass is 16.6. The second-order valence-corrected chi connectivity index (χ2v) is 6.64. The van der Waals surface area contributed by atoms with E-state index in [-0.39, 0.29) is 5.56 Å². The first-order valence-electron chi connectivity index (χ1n) is 10.8. The SMILES string of the molecule is CCOc1cc(C(=O)OCC(=O)Nc2cc(OC)c(OC)c(OC)c2)cc(OCC)c1OCC. The molecule has 0 aromatic heterocycles. The molecule has 0 fully saturated rings. The number of carbonyl (C=O) groups excluding carboxylic acids is 2. The van der Waals surface area contributed by atoms with Gasteiger partial charge in [0.05, 0.1) is 46.7 Å². The highest BCUT2D eigenvalue weighted by molar-refractivity contribution is 5.96. The van der Waals surface area contributed by atoms with Crippen molar-refractivity contribution in [2.75, 3.05) is 53.1 Å². The van der Waals surface area contributed by atoms with Crippen molar-refractivity contribution < 1.29 is 42.7 Å². The third-order valence-corrected chi connectivity index (χ3v) is 4.43. The van der Waals surface area contributed by atoms with E-state index in [9.17, 15) is 9.59 Å². The molecule has 2 rings (SSSR count). The molecule has 10 heteroatoms. The number of benzene rings is 2. The van der Waals surface area contributed by atoms with E-state index < -0.39 is 18.5 Å². The summed E-state index contributed by atoms with van der Waals surface area (Å²) in [5, 5.41) is 2.64. The highest BCUT2D eigenvalue weighted by Crippen LogP contribution is 2.40. The number of ether oxygens (including phenoxy) is 7. The summed E-state index contributed by atoms with van der Waals surface area (Å²) in [5.41, 5.74) is 0.546. The van der Waals surface area contributed by atoms with Crippen molar-refractivity contribution >= 4 is 17.6 Å². The molecule has 0 heterocycles. The molecule has 1 amide bonds. The van der Waals surface area contributed by atoms with Gasteiger partial charge < -0.3 is 38.5 Å². The summed E-state index contributed by atoms with van der Waals surface area (Å²) in [7, 11) is 4.41. The van der Waals surface area contributed by atoms with Crippen molar-refractivity contribution in [3.05, 3.63) is 29.8 Å². The maximum absolute atomic E-state index is 12.7. The summed E-state index contributed by atoms with van der Waals surface area (Å²) in [4.78, 5) is 25.1. The second-order valence-electron chi connectivity index (χ2n) is 6.64. The molecule has 0 bridgehead atoms. The predicted octanol–water partition coefficient (Wildman–Crippen LogP) is 3.70. The lowest BCUT2D eigenvalue weighted by molar-refractivity contribution is -0.119. The largest absolute Gasteiger partial charge is 0.493 e. The fourth-order valence-corrected chi connectivity index (χ4v) is 3.07. The maximum atomic E-state index is 12.7. The van der Waals surface area contributed by atoms with E-state index in [1.165, 1.54) is 33.5 Å². The lowest BCUT2D eigenvalue weighted by Crippen LogP contribution is -2.21. The van der Waals surface area contributed by atoms with Gasteiger partial charge >= 0.3 is 5.97 Å². The quantitative estimate of drug-likeness (QED) is 0.432. The van der Waals surface area contributed by atoms with Crippen LogP contribution in [-0.4, -0.2) is 59.6 Å². The van der Waals surface area contributed by atoms with Gasteiger partial charge in [0.15, 0.2) is 29.6 Å². The number of amides is 1. The molecule has 34 heavy (non-hydrogen) atoms. The van der Waals surface area contributed by atoms with Crippen molar-refractivity contribution in [1.82, 2.24) is 0 Å². The van der Waals surface area contributed by atoms with Crippen LogP contribution in [0.5, 0.6) is 34.5 Å². The lowest BCUT2D eigenvalue weighted by atomic mass is 10.2. The molecule has 0 unspecified atom stereocenters. The molecule has 0 spiro atoms. The van der Waals surface area contributed by atoms with Gasteiger partial charge in [0.25, 0.3) is 5.91 Å². The fourth-order valence-electron chi connectivity index (χ4n) is 3.07. The molecular weight excluding hydrogens is 446 g/mol. The zero-order valence-electron chi connectivity index (χ0n) is 20.3. The summed E-state index contributed by atoms with van der Waals surface area (Å²) >= 11 is 0. The van der Waals surface area contributed by atoms with Gasteiger partial charge in [-0.2, -0.15) is 0 Å². The molecule has 0 radical (unpaired) electrons. The van der Waals surface area contributed by atoms with Crippen LogP contribution < -0.4 is 33.7 Å². The normalized spacial score (nSPS) is 10.2. The molecule has 1 N–H and O–H groups in total. The van der Waals surface area contributed by atoms with Gasteiger partial charge in [-0.3, -0.25) is 4.79 Å². The number of nitrogens with one attached hydrogen (secondary N) is 1. The summed E-state index contributed by atoms with van der Waals surface area (Å²) in [6, 6.07) is 6.12. The Bertz CT molecular complexity index is 938.